The van der Waals surface area contributed by atoms with Crippen LogP contribution in [0, 0.1) is 13.8 Å². The number of ether oxygens (including phenoxy) is 1. The topological polar surface area (TPSA) is 98.5 Å². The van der Waals surface area contributed by atoms with Crippen LogP contribution in [0.15, 0.2) is 47.4 Å². The van der Waals surface area contributed by atoms with Crippen LogP contribution in [0.1, 0.15) is 28.4 Å². The predicted molar refractivity (Wildman–Crippen MR) is 106 cm³/mol. The molecule has 0 saturated carbocycles. The highest BCUT2D eigenvalue weighted by Gasteiger charge is 2.18. The van der Waals surface area contributed by atoms with Crippen LogP contribution < -0.4 is 11.1 Å². The van der Waals surface area contributed by atoms with Gasteiger partial charge in [0, 0.05) is 16.1 Å². The molecule has 0 fully saturated rings. The first-order valence-corrected chi connectivity index (χ1v) is 9.35. The van der Waals surface area contributed by atoms with E-state index in [4.69, 9.17) is 10.5 Å². The smallest absolute Gasteiger partial charge is 0.317 e. The number of hydrogen-bond donors (Lipinski definition) is 2. The summed E-state index contributed by atoms with van der Waals surface area (Å²) in [6.07, 6.45) is -0.937. The Labute approximate surface area is 162 Å². The normalized spacial score (nSPS) is 11.5. The van der Waals surface area contributed by atoms with Gasteiger partial charge in [-0.15, -0.1) is 11.8 Å². The highest BCUT2D eigenvalue weighted by atomic mass is 32.2. The number of esters is 1. The van der Waals surface area contributed by atoms with Crippen LogP contribution in [0.5, 0.6) is 0 Å². The summed E-state index contributed by atoms with van der Waals surface area (Å²) in [5, 5.41) is 2.63. The molecule has 0 aromatic heterocycles. The molecule has 0 bridgehead atoms. The summed E-state index contributed by atoms with van der Waals surface area (Å²) in [5.74, 6) is -1.34. The van der Waals surface area contributed by atoms with E-state index < -0.39 is 23.9 Å². The summed E-state index contributed by atoms with van der Waals surface area (Å²) in [5.41, 5.74) is 8.25. The number of nitrogens with one attached hydrogen (secondary N) is 1. The second kappa shape index (κ2) is 9.23. The van der Waals surface area contributed by atoms with Crippen LogP contribution in [-0.2, 0) is 14.3 Å². The lowest BCUT2D eigenvalue weighted by Gasteiger charge is -2.14. The summed E-state index contributed by atoms with van der Waals surface area (Å²) < 4.78 is 5.19. The third-order valence-electron chi connectivity index (χ3n) is 3.79. The molecule has 0 heterocycles. The Balaban J connectivity index is 1.84. The van der Waals surface area contributed by atoms with Gasteiger partial charge in [0.2, 0.25) is 5.91 Å². The number of thioether (sulfide) groups is 1. The Morgan fingerprint density at radius 2 is 1.78 bits per heavy atom. The maximum Gasteiger partial charge on any atom is 0.317 e. The molecule has 2 rings (SSSR count). The molecule has 0 unspecified atom stereocenters. The molecule has 1 atom stereocenters. The molecule has 7 heteroatoms. The van der Waals surface area contributed by atoms with Crippen LogP contribution in [0.4, 0.5) is 5.69 Å². The molecule has 2 aromatic carbocycles. The minimum absolute atomic E-state index is 0.120. The number of amides is 2. The van der Waals surface area contributed by atoms with E-state index in [-0.39, 0.29) is 5.75 Å². The zero-order chi connectivity index (χ0) is 20.0. The Bertz CT molecular complexity index is 850. The van der Waals surface area contributed by atoms with Crippen molar-refractivity contribution in [2.45, 2.75) is 31.8 Å². The third kappa shape index (κ3) is 6.14. The molecule has 6 nitrogen and oxygen atoms in total. The largest absolute Gasteiger partial charge is 0.452 e. The molecule has 2 amide bonds. The van der Waals surface area contributed by atoms with Crippen LogP contribution in [0.3, 0.4) is 0 Å². The number of benzene rings is 2. The minimum Gasteiger partial charge on any atom is -0.452 e. The number of rotatable bonds is 7. The second-order valence-electron chi connectivity index (χ2n) is 6.12. The van der Waals surface area contributed by atoms with Gasteiger partial charge in [0.15, 0.2) is 6.10 Å². The Morgan fingerprint density at radius 3 is 2.37 bits per heavy atom. The number of nitrogens with two attached hydrogens (primary N) is 1. The molecule has 142 valence electrons. The number of anilines is 1. The zero-order valence-corrected chi connectivity index (χ0v) is 16.3. The van der Waals surface area contributed by atoms with Gasteiger partial charge in [0.05, 0.1) is 5.75 Å². The Kier molecular flexibility index (Phi) is 7.01. The fourth-order valence-corrected chi connectivity index (χ4v) is 3.14. The van der Waals surface area contributed by atoms with Crippen molar-refractivity contribution in [1.82, 2.24) is 0 Å². The van der Waals surface area contributed by atoms with Gasteiger partial charge in [-0.25, -0.2) is 0 Å². The van der Waals surface area contributed by atoms with E-state index >= 15 is 0 Å². The van der Waals surface area contributed by atoms with Crippen molar-refractivity contribution in [3.63, 3.8) is 0 Å². The van der Waals surface area contributed by atoms with E-state index in [1.165, 1.54) is 30.8 Å². The second-order valence-corrected chi connectivity index (χ2v) is 7.14. The molecular formula is C20H22N2O4S. The number of primary amides is 1. The summed E-state index contributed by atoms with van der Waals surface area (Å²) in [4.78, 5) is 36.2. The standard InChI is InChI=1S/C20H22N2O4S/c1-12-4-9-17(13(2)10-12)27-11-18(23)26-14(3)20(25)22-16-7-5-15(6-8-16)19(21)24/h4-10,14H,11H2,1-3H3,(H2,21,24)(H,22,25)/t14-/m0/s1. The number of carbonyl (C=O) groups is 3. The molecule has 2 aromatic rings. The molecule has 27 heavy (non-hydrogen) atoms. The average Bonchev–Trinajstić information content (AvgIpc) is 2.61. The van der Waals surface area contributed by atoms with Crippen molar-refractivity contribution in [2.24, 2.45) is 5.73 Å². The fraction of sp³-hybridized carbons (Fsp3) is 0.250. The lowest BCUT2D eigenvalue weighted by Crippen LogP contribution is -2.30. The van der Waals surface area contributed by atoms with Crippen LogP contribution in [-0.4, -0.2) is 29.6 Å². The zero-order valence-electron chi connectivity index (χ0n) is 15.4. The van der Waals surface area contributed by atoms with Gasteiger partial charge >= 0.3 is 5.97 Å². The highest BCUT2D eigenvalue weighted by Crippen LogP contribution is 2.23. The van der Waals surface area contributed by atoms with Crippen molar-refractivity contribution in [2.75, 3.05) is 11.1 Å². The van der Waals surface area contributed by atoms with Gasteiger partial charge in [-0.1, -0.05) is 17.7 Å². The quantitative estimate of drug-likeness (QED) is 0.563. The molecule has 3 N–H and O–H groups in total. The van der Waals surface area contributed by atoms with Crippen molar-refractivity contribution < 1.29 is 19.1 Å². The summed E-state index contributed by atoms with van der Waals surface area (Å²) >= 11 is 1.38. The van der Waals surface area contributed by atoms with Crippen molar-refractivity contribution in [3.8, 4) is 0 Å². The Hall–Kier alpha value is -2.80. The van der Waals surface area contributed by atoms with Gasteiger partial charge in [0.1, 0.15) is 0 Å². The molecule has 0 saturated heterocycles. The lowest BCUT2D eigenvalue weighted by atomic mass is 10.2. The van der Waals surface area contributed by atoms with Gasteiger partial charge < -0.3 is 15.8 Å². The maximum atomic E-state index is 12.1. The molecule has 0 spiro atoms. The number of carbonyl (C=O) groups excluding carboxylic acids is 3. The van der Waals surface area contributed by atoms with Gasteiger partial charge in [-0.3, -0.25) is 14.4 Å². The Morgan fingerprint density at radius 1 is 1.11 bits per heavy atom. The minimum atomic E-state index is -0.937. The van der Waals surface area contributed by atoms with E-state index in [9.17, 15) is 14.4 Å². The molecule has 0 aliphatic heterocycles. The molecular weight excluding hydrogens is 364 g/mol. The van der Waals surface area contributed by atoms with Crippen LogP contribution in [0.25, 0.3) is 0 Å². The van der Waals surface area contributed by atoms with E-state index in [1.807, 2.05) is 32.0 Å². The molecule has 0 aliphatic rings. The van der Waals surface area contributed by atoms with Gasteiger partial charge in [-0.05, 0) is 56.7 Å². The van der Waals surface area contributed by atoms with Crippen molar-refractivity contribution in [3.05, 3.63) is 59.2 Å². The average molecular weight is 386 g/mol. The van der Waals surface area contributed by atoms with Crippen molar-refractivity contribution >= 4 is 35.2 Å². The third-order valence-corrected chi connectivity index (χ3v) is 4.94. The first kappa shape index (κ1) is 20.5. The first-order chi connectivity index (χ1) is 12.8. The maximum absolute atomic E-state index is 12.1. The summed E-state index contributed by atoms with van der Waals surface area (Å²) in [6, 6.07) is 12.1. The summed E-state index contributed by atoms with van der Waals surface area (Å²) in [6.45, 7) is 5.50. The molecule has 0 radical (unpaired) electrons. The number of aryl methyl sites for hydroxylation is 2. The van der Waals surface area contributed by atoms with Crippen molar-refractivity contribution in [1.29, 1.82) is 0 Å². The van der Waals surface area contributed by atoms with Gasteiger partial charge in [0.25, 0.3) is 5.91 Å². The number of hydrogen-bond acceptors (Lipinski definition) is 5. The van der Waals surface area contributed by atoms with E-state index in [2.05, 4.69) is 5.32 Å². The lowest BCUT2D eigenvalue weighted by molar-refractivity contribution is -0.150. The van der Waals surface area contributed by atoms with E-state index in [1.54, 1.807) is 12.1 Å². The monoisotopic (exact) mass is 386 g/mol. The predicted octanol–water partition coefficient (Wildman–Crippen LogP) is 3.06. The first-order valence-electron chi connectivity index (χ1n) is 8.36. The van der Waals surface area contributed by atoms with Crippen LogP contribution in [0.2, 0.25) is 0 Å². The fourth-order valence-electron chi connectivity index (χ4n) is 2.34. The van der Waals surface area contributed by atoms with E-state index in [0.29, 0.717) is 11.3 Å². The summed E-state index contributed by atoms with van der Waals surface area (Å²) in [7, 11) is 0. The van der Waals surface area contributed by atoms with E-state index in [0.717, 1.165) is 16.0 Å². The highest BCUT2D eigenvalue weighted by molar-refractivity contribution is 8.00. The SMILES string of the molecule is Cc1ccc(SCC(=O)O[C@@H](C)C(=O)Nc2ccc(C(N)=O)cc2)c(C)c1. The molecule has 0 aliphatic carbocycles. The van der Waals surface area contributed by atoms with Crippen LogP contribution >= 0.6 is 11.8 Å². The van der Waals surface area contributed by atoms with Gasteiger partial charge in [-0.2, -0.15) is 0 Å².